The number of aromatic nitrogens is 1. The number of carbonyl (C=O) groups excluding carboxylic acids is 1. The van der Waals surface area contributed by atoms with Crippen molar-refractivity contribution in [1.29, 1.82) is 0 Å². The SMILES string of the molecule is O=C(NO[C@@H]1CCCCO1)c1cccn(Cc2ccccc2)c1=O. The number of ether oxygens (including phenoxy) is 1. The normalized spacial score (nSPS) is 17.4. The molecule has 1 amide bonds. The zero-order valence-electron chi connectivity index (χ0n) is 13.3. The summed E-state index contributed by atoms with van der Waals surface area (Å²) < 4.78 is 6.88. The Bertz CT molecular complexity index is 736. The van der Waals surface area contributed by atoms with Crippen LogP contribution in [0.2, 0.25) is 0 Å². The molecule has 0 aliphatic carbocycles. The van der Waals surface area contributed by atoms with Gasteiger partial charge in [-0.1, -0.05) is 30.3 Å². The first kappa shape index (κ1) is 16.4. The molecule has 1 fully saturated rings. The van der Waals surface area contributed by atoms with E-state index in [0.29, 0.717) is 13.2 Å². The first-order chi connectivity index (χ1) is 11.7. The number of pyridine rings is 1. The lowest BCUT2D eigenvalue weighted by Crippen LogP contribution is -2.37. The molecule has 3 rings (SSSR count). The van der Waals surface area contributed by atoms with Crippen LogP contribution >= 0.6 is 0 Å². The molecule has 2 heterocycles. The summed E-state index contributed by atoms with van der Waals surface area (Å²) in [7, 11) is 0. The third-order valence-corrected chi connectivity index (χ3v) is 3.88. The highest BCUT2D eigenvalue weighted by molar-refractivity contribution is 5.93. The highest BCUT2D eigenvalue weighted by atomic mass is 16.8. The molecular weight excluding hydrogens is 308 g/mol. The summed E-state index contributed by atoms with van der Waals surface area (Å²) in [5.41, 5.74) is 3.00. The van der Waals surface area contributed by atoms with Crippen LogP contribution in [0.15, 0.2) is 53.5 Å². The van der Waals surface area contributed by atoms with Crippen LogP contribution < -0.4 is 11.0 Å². The van der Waals surface area contributed by atoms with Crippen LogP contribution in [0.5, 0.6) is 0 Å². The molecule has 0 spiro atoms. The lowest BCUT2D eigenvalue weighted by molar-refractivity contribution is -0.186. The average molecular weight is 328 g/mol. The van der Waals surface area contributed by atoms with Gasteiger partial charge in [0.25, 0.3) is 11.5 Å². The molecule has 1 aromatic heterocycles. The van der Waals surface area contributed by atoms with E-state index >= 15 is 0 Å². The van der Waals surface area contributed by atoms with Crippen molar-refractivity contribution in [1.82, 2.24) is 10.0 Å². The number of carbonyl (C=O) groups is 1. The summed E-state index contributed by atoms with van der Waals surface area (Å²) in [6.07, 6.45) is 3.94. The second-order valence-corrected chi connectivity index (χ2v) is 5.69. The van der Waals surface area contributed by atoms with Crippen molar-refractivity contribution >= 4 is 5.91 Å². The smallest absolute Gasteiger partial charge is 0.280 e. The summed E-state index contributed by atoms with van der Waals surface area (Å²) in [4.78, 5) is 29.9. The van der Waals surface area contributed by atoms with Crippen molar-refractivity contribution in [3.8, 4) is 0 Å². The number of hydrogen-bond donors (Lipinski definition) is 1. The maximum absolute atomic E-state index is 12.5. The van der Waals surface area contributed by atoms with Gasteiger partial charge in [-0.3, -0.25) is 9.59 Å². The predicted octanol–water partition coefficient (Wildman–Crippen LogP) is 2.08. The van der Waals surface area contributed by atoms with Gasteiger partial charge in [0.15, 0.2) is 6.29 Å². The molecule has 6 nitrogen and oxygen atoms in total. The minimum atomic E-state index is -0.559. The number of hydroxylamine groups is 1. The van der Waals surface area contributed by atoms with E-state index < -0.39 is 12.2 Å². The van der Waals surface area contributed by atoms with E-state index in [9.17, 15) is 9.59 Å². The van der Waals surface area contributed by atoms with E-state index in [2.05, 4.69) is 5.48 Å². The minimum absolute atomic E-state index is 0.0456. The summed E-state index contributed by atoms with van der Waals surface area (Å²) in [6, 6.07) is 12.8. The largest absolute Gasteiger partial charge is 0.350 e. The van der Waals surface area contributed by atoms with Crippen LogP contribution in [0.25, 0.3) is 0 Å². The van der Waals surface area contributed by atoms with Crippen LogP contribution in [0.3, 0.4) is 0 Å². The second-order valence-electron chi connectivity index (χ2n) is 5.69. The number of hydrogen-bond acceptors (Lipinski definition) is 4. The Balaban J connectivity index is 1.68. The van der Waals surface area contributed by atoms with Gasteiger partial charge in [0.05, 0.1) is 6.54 Å². The maximum Gasteiger partial charge on any atom is 0.280 e. The first-order valence-corrected chi connectivity index (χ1v) is 8.05. The molecule has 1 aromatic carbocycles. The number of rotatable bonds is 5. The van der Waals surface area contributed by atoms with Crippen molar-refractivity contribution in [2.75, 3.05) is 6.61 Å². The van der Waals surface area contributed by atoms with Gasteiger partial charge < -0.3 is 9.30 Å². The van der Waals surface area contributed by atoms with Gasteiger partial charge in [0.2, 0.25) is 0 Å². The summed E-state index contributed by atoms with van der Waals surface area (Å²) in [6.45, 7) is 1.03. The molecule has 1 atom stereocenters. The van der Waals surface area contributed by atoms with Crippen LogP contribution in [-0.2, 0) is 16.1 Å². The fraction of sp³-hybridized carbons (Fsp3) is 0.333. The van der Waals surface area contributed by atoms with Gasteiger partial charge in [-0.25, -0.2) is 10.3 Å². The fourth-order valence-electron chi connectivity index (χ4n) is 2.59. The van der Waals surface area contributed by atoms with Gasteiger partial charge in [-0.2, -0.15) is 0 Å². The Labute approximate surface area is 140 Å². The Morgan fingerprint density at radius 3 is 2.79 bits per heavy atom. The molecule has 0 bridgehead atoms. The molecule has 24 heavy (non-hydrogen) atoms. The van der Waals surface area contributed by atoms with Crippen LogP contribution in [0.4, 0.5) is 0 Å². The van der Waals surface area contributed by atoms with E-state index in [-0.39, 0.29) is 11.1 Å². The Kier molecular flexibility index (Phi) is 5.40. The van der Waals surface area contributed by atoms with Gasteiger partial charge in [-0.15, -0.1) is 0 Å². The zero-order chi connectivity index (χ0) is 16.8. The predicted molar refractivity (Wildman–Crippen MR) is 88.4 cm³/mol. The van der Waals surface area contributed by atoms with E-state index in [1.165, 1.54) is 10.6 Å². The van der Waals surface area contributed by atoms with Crippen LogP contribution in [0.1, 0.15) is 35.2 Å². The number of benzene rings is 1. The fourth-order valence-corrected chi connectivity index (χ4v) is 2.59. The van der Waals surface area contributed by atoms with Crippen molar-refractivity contribution in [2.45, 2.75) is 32.1 Å². The Hall–Kier alpha value is -2.44. The molecule has 1 saturated heterocycles. The maximum atomic E-state index is 12.5. The van der Waals surface area contributed by atoms with E-state index in [0.717, 1.165) is 24.8 Å². The molecule has 1 aliphatic heterocycles. The lowest BCUT2D eigenvalue weighted by atomic mass is 10.2. The molecule has 0 saturated carbocycles. The third-order valence-electron chi connectivity index (χ3n) is 3.88. The summed E-state index contributed by atoms with van der Waals surface area (Å²) >= 11 is 0. The molecule has 0 unspecified atom stereocenters. The number of nitrogens with one attached hydrogen (secondary N) is 1. The van der Waals surface area contributed by atoms with Crippen molar-refractivity contribution in [3.05, 3.63) is 70.1 Å². The first-order valence-electron chi connectivity index (χ1n) is 8.05. The van der Waals surface area contributed by atoms with E-state index in [1.807, 2.05) is 30.3 Å². The zero-order valence-corrected chi connectivity index (χ0v) is 13.3. The molecule has 1 aliphatic rings. The molecule has 1 N–H and O–H groups in total. The quantitative estimate of drug-likeness (QED) is 0.853. The summed E-state index contributed by atoms with van der Waals surface area (Å²) in [5.74, 6) is -0.559. The minimum Gasteiger partial charge on any atom is -0.350 e. The Morgan fingerprint density at radius 2 is 2.04 bits per heavy atom. The van der Waals surface area contributed by atoms with Crippen molar-refractivity contribution in [3.63, 3.8) is 0 Å². The van der Waals surface area contributed by atoms with Crippen molar-refractivity contribution in [2.24, 2.45) is 0 Å². The summed E-state index contributed by atoms with van der Waals surface area (Å²) in [5, 5.41) is 0. The Morgan fingerprint density at radius 1 is 1.21 bits per heavy atom. The van der Waals surface area contributed by atoms with Gasteiger partial charge in [0, 0.05) is 19.2 Å². The molecule has 6 heteroatoms. The van der Waals surface area contributed by atoms with Gasteiger partial charge >= 0.3 is 0 Å². The van der Waals surface area contributed by atoms with Crippen LogP contribution in [-0.4, -0.2) is 23.4 Å². The standard InChI is InChI=1S/C18H20N2O4/c21-17(19-24-16-10-4-5-12-23-16)15-9-6-11-20(18(15)22)13-14-7-2-1-3-8-14/h1-3,6-9,11,16H,4-5,10,12-13H2,(H,19,21)/t16-/m1/s1. The van der Waals surface area contributed by atoms with Gasteiger partial charge in [-0.05, 0) is 30.5 Å². The van der Waals surface area contributed by atoms with Crippen molar-refractivity contribution < 1.29 is 14.4 Å². The average Bonchev–Trinajstić information content (AvgIpc) is 2.63. The van der Waals surface area contributed by atoms with E-state index in [4.69, 9.17) is 9.57 Å². The second kappa shape index (κ2) is 7.90. The molecular formula is C18H20N2O4. The highest BCUT2D eigenvalue weighted by Crippen LogP contribution is 2.12. The highest BCUT2D eigenvalue weighted by Gasteiger charge is 2.18. The monoisotopic (exact) mass is 328 g/mol. The molecule has 2 aromatic rings. The topological polar surface area (TPSA) is 69.6 Å². The molecule has 126 valence electrons. The molecule has 0 radical (unpaired) electrons. The third kappa shape index (κ3) is 4.10. The van der Waals surface area contributed by atoms with Gasteiger partial charge in [0.1, 0.15) is 5.56 Å². The van der Waals surface area contributed by atoms with E-state index in [1.54, 1.807) is 12.3 Å². The lowest BCUT2D eigenvalue weighted by Gasteiger charge is -2.22. The number of nitrogens with zero attached hydrogens (tertiary/aromatic N) is 1. The number of amides is 1. The van der Waals surface area contributed by atoms with Crippen LogP contribution in [0, 0.1) is 0 Å².